The van der Waals surface area contributed by atoms with Crippen molar-refractivity contribution in [2.45, 2.75) is 20.0 Å². The fourth-order valence-corrected chi connectivity index (χ4v) is 2.93. The molecule has 1 heterocycles. The molecule has 134 valence electrons. The molecule has 2 rings (SSSR count). The molecule has 0 radical (unpaired) electrons. The zero-order valence-corrected chi connectivity index (χ0v) is 15.7. The Morgan fingerprint density at radius 2 is 2.04 bits per heavy atom. The van der Waals surface area contributed by atoms with E-state index >= 15 is 0 Å². The van der Waals surface area contributed by atoms with Gasteiger partial charge >= 0.3 is 0 Å². The van der Waals surface area contributed by atoms with Crippen molar-refractivity contribution in [3.05, 3.63) is 35.4 Å². The number of ether oxygens (including phenoxy) is 1. The molecular weight excluding hydrogens is 320 g/mol. The van der Waals surface area contributed by atoms with Crippen LogP contribution in [0.5, 0.6) is 0 Å². The van der Waals surface area contributed by atoms with Gasteiger partial charge in [-0.1, -0.05) is 24.3 Å². The van der Waals surface area contributed by atoms with Crippen molar-refractivity contribution in [2.24, 2.45) is 4.99 Å². The molecule has 0 amide bonds. The molecule has 1 fully saturated rings. The Bertz CT molecular complexity index is 504. The minimum absolute atomic E-state index is 0.700. The topological polar surface area (TPSA) is 48.9 Å². The lowest BCUT2D eigenvalue weighted by Gasteiger charge is -2.26. The average molecular weight is 351 g/mol. The van der Waals surface area contributed by atoms with E-state index in [4.69, 9.17) is 9.73 Å². The quantitative estimate of drug-likeness (QED) is 0.426. The molecule has 0 saturated carbocycles. The minimum Gasteiger partial charge on any atom is -0.379 e. The van der Waals surface area contributed by atoms with E-state index in [0.717, 1.165) is 57.6 Å². The van der Waals surface area contributed by atoms with Crippen LogP contribution in [0.3, 0.4) is 0 Å². The summed E-state index contributed by atoms with van der Waals surface area (Å²) in [4.78, 5) is 7.14. The Balaban J connectivity index is 1.90. The first-order valence-electron chi connectivity index (χ1n) is 8.71. The molecule has 1 aliphatic heterocycles. The maximum absolute atomic E-state index is 5.41. The number of nitrogens with one attached hydrogen (secondary N) is 2. The van der Waals surface area contributed by atoms with Crippen molar-refractivity contribution < 1.29 is 4.74 Å². The van der Waals surface area contributed by atoms with Crippen LogP contribution in [0.2, 0.25) is 0 Å². The van der Waals surface area contributed by atoms with E-state index in [9.17, 15) is 0 Å². The van der Waals surface area contributed by atoms with Crippen molar-refractivity contribution in [1.82, 2.24) is 15.5 Å². The number of thioether (sulfide) groups is 1. The molecule has 1 aromatic rings. The number of benzene rings is 1. The summed E-state index contributed by atoms with van der Waals surface area (Å²) in [6, 6.07) is 8.75. The molecule has 5 nitrogen and oxygen atoms in total. The van der Waals surface area contributed by atoms with Gasteiger partial charge < -0.3 is 15.4 Å². The Morgan fingerprint density at radius 1 is 1.25 bits per heavy atom. The van der Waals surface area contributed by atoms with Crippen LogP contribution in [0.1, 0.15) is 18.1 Å². The van der Waals surface area contributed by atoms with E-state index in [0.29, 0.717) is 6.54 Å². The molecule has 0 unspecified atom stereocenters. The van der Waals surface area contributed by atoms with Gasteiger partial charge in [0, 0.05) is 38.5 Å². The van der Waals surface area contributed by atoms with Crippen molar-refractivity contribution >= 4 is 17.7 Å². The Hall–Kier alpha value is -1.24. The van der Waals surface area contributed by atoms with E-state index < -0.39 is 0 Å². The maximum Gasteiger partial charge on any atom is 0.191 e. The summed E-state index contributed by atoms with van der Waals surface area (Å²) in [5.74, 6) is 1.98. The summed E-state index contributed by atoms with van der Waals surface area (Å²) in [6.07, 6.45) is 2.12. The first-order valence-corrected chi connectivity index (χ1v) is 10.1. The SMILES string of the molecule is CCNC(=NCc1cccc(CN2CCOCC2)c1)NCCSC. The number of morpholine rings is 1. The molecule has 0 atom stereocenters. The van der Waals surface area contributed by atoms with Crippen LogP contribution in [-0.4, -0.2) is 62.3 Å². The van der Waals surface area contributed by atoms with Crippen LogP contribution in [-0.2, 0) is 17.8 Å². The summed E-state index contributed by atoms with van der Waals surface area (Å²) in [7, 11) is 0. The van der Waals surface area contributed by atoms with E-state index in [-0.39, 0.29) is 0 Å². The monoisotopic (exact) mass is 350 g/mol. The lowest BCUT2D eigenvalue weighted by molar-refractivity contribution is 0.0342. The first-order chi connectivity index (χ1) is 11.8. The molecule has 24 heavy (non-hydrogen) atoms. The minimum atomic E-state index is 0.700. The predicted octanol–water partition coefficient (Wildman–Crippen LogP) is 1.94. The third-order valence-corrected chi connectivity index (χ3v) is 4.48. The normalized spacial score (nSPS) is 16.2. The van der Waals surface area contributed by atoms with Gasteiger partial charge in [0.2, 0.25) is 0 Å². The van der Waals surface area contributed by atoms with Gasteiger partial charge in [-0.05, 0) is 24.3 Å². The number of hydrogen-bond donors (Lipinski definition) is 2. The highest BCUT2D eigenvalue weighted by molar-refractivity contribution is 7.98. The van der Waals surface area contributed by atoms with Gasteiger partial charge in [0.25, 0.3) is 0 Å². The van der Waals surface area contributed by atoms with Gasteiger partial charge in [-0.3, -0.25) is 4.90 Å². The summed E-state index contributed by atoms with van der Waals surface area (Å²) in [5.41, 5.74) is 2.60. The van der Waals surface area contributed by atoms with E-state index in [2.05, 4.69) is 53.0 Å². The molecule has 0 aliphatic carbocycles. The summed E-state index contributed by atoms with van der Waals surface area (Å²) < 4.78 is 5.41. The summed E-state index contributed by atoms with van der Waals surface area (Å²) >= 11 is 1.84. The van der Waals surface area contributed by atoms with E-state index in [1.807, 2.05) is 11.8 Å². The second-order valence-electron chi connectivity index (χ2n) is 5.82. The second-order valence-corrected chi connectivity index (χ2v) is 6.81. The fourth-order valence-electron chi connectivity index (χ4n) is 2.63. The van der Waals surface area contributed by atoms with Crippen molar-refractivity contribution in [3.8, 4) is 0 Å². The molecule has 1 saturated heterocycles. The molecule has 0 bridgehead atoms. The maximum atomic E-state index is 5.41. The molecule has 1 aliphatic rings. The zero-order chi connectivity index (χ0) is 17.0. The molecule has 6 heteroatoms. The fraction of sp³-hybridized carbons (Fsp3) is 0.611. The van der Waals surface area contributed by atoms with Crippen molar-refractivity contribution in [1.29, 1.82) is 0 Å². The van der Waals surface area contributed by atoms with Gasteiger partial charge in [-0.25, -0.2) is 4.99 Å². The standard InChI is InChI=1S/C18H30N4OS/c1-3-19-18(20-7-12-24-2)21-14-16-5-4-6-17(13-16)15-22-8-10-23-11-9-22/h4-6,13H,3,7-12,14-15H2,1-2H3,(H2,19,20,21). The zero-order valence-electron chi connectivity index (χ0n) is 14.9. The molecule has 1 aromatic carbocycles. The third kappa shape index (κ3) is 7.11. The van der Waals surface area contributed by atoms with E-state index in [1.54, 1.807) is 0 Å². The first kappa shape index (κ1) is 19.1. The Kier molecular flexibility index (Phi) is 9.02. The van der Waals surface area contributed by atoms with Crippen LogP contribution in [0.15, 0.2) is 29.3 Å². The number of hydrogen-bond acceptors (Lipinski definition) is 4. The lowest BCUT2D eigenvalue weighted by atomic mass is 10.1. The molecular formula is C18H30N4OS. The smallest absolute Gasteiger partial charge is 0.191 e. The third-order valence-electron chi connectivity index (χ3n) is 3.86. The summed E-state index contributed by atoms with van der Waals surface area (Å²) in [5, 5.41) is 6.67. The van der Waals surface area contributed by atoms with Crippen LogP contribution >= 0.6 is 11.8 Å². The largest absolute Gasteiger partial charge is 0.379 e. The Morgan fingerprint density at radius 3 is 2.79 bits per heavy atom. The van der Waals surface area contributed by atoms with Crippen molar-refractivity contribution in [2.75, 3.05) is 51.4 Å². The number of aliphatic imine (C=N–C) groups is 1. The van der Waals surface area contributed by atoms with Gasteiger partial charge in [-0.15, -0.1) is 0 Å². The number of guanidine groups is 1. The number of nitrogens with zero attached hydrogens (tertiary/aromatic N) is 2. The van der Waals surface area contributed by atoms with Crippen LogP contribution in [0.25, 0.3) is 0 Å². The van der Waals surface area contributed by atoms with Gasteiger partial charge in [0.1, 0.15) is 0 Å². The average Bonchev–Trinajstić information content (AvgIpc) is 2.61. The van der Waals surface area contributed by atoms with Gasteiger partial charge in [0.05, 0.1) is 19.8 Å². The summed E-state index contributed by atoms with van der Waals surface area (Å²) in [6.45, 7) is 9.33. The molecule has 2 N–H and O–H groups in total. The lowest BCUT2D eigenvalue weighted by Crippen LogP contribution is -2.38. The second kappa shape index (κ2) is 11.3. The predicted molar refractivity (Wildman–Crippen MR) is 104 cm³/mol. The van der Waals surface area contributed by atoms with Crippen LogP contribution in [0, 0.1) is 0 Å². The van der Waals surface area contributed by atoms with Gasteiger partial charge in [-0.2, -0.15) is 11.8 Å². The van der Waals surface area contributed by atoms with Crippen LogP contribution in [0.4, 0.5) is 0 Å². The molecule has 0 aromatic heterocycles. The molecule has 0 spiro atoms. The highest BCUT2D eigenvalue weighted by Gasteiger charge is 2.10. The van der Waals surface area contributed by atoms with Crippen LogP contribution < -0.4 is 10.6 Å². The van der Waals surface area contributed by atoms with Gasteiger partial charge in [0.15, 0.2) is 5.96 Å². The van der Waals surface area contributed by atoms with Crippen molar-refractivity contribution in [3.63, 3.8) is 0 Å². The van der Waals surface area contributed by atoms with E-state index in [1.165, 1.54) is 11.1 Å². The Labute approximate surface area is 150 Å². The highest BCUT2D eigenvalue weighted by Crippen LogP contribution is 2.10. The highest BCUT2D eigenvalue weighted by atomic mass is 32.2. The number of rotatable bonds is 8.